The van der Waals surface area contributed by atoms with Gasteiger partial charge in [0.2, 0.25) is 0 Å². The maximum Gasteiger partial charge on any atom is 0.00982 e. The molecular weight excluding hydrogens is 196 g/mol. The summed E-state index contributed by atoms with van der Waals surface area (Å²) in [7, 11) is 0. The second-order valence-electron chi connectivity index (χ2n) is 4.82. The van der Waals surface area contributed by atoms with Gasteiger partial charge in [0.1, 0.15) is 0 Å². The van der Waals surface area contributed by atoms with E-state index in [4.69, 9.17) is 6.42 Å². The fraction of sp³-hybridized carbons (Fsp3) is 0.857. The van der Waals surface area contributed by atoms with Gasteiger partial charge in [0, 0.05) is 13.0 Å². The highest BCUT2D eigenvalue weighted by Gasteiger charge is 2.16. The van der Waals surface area contributed by atoms with Gasteiger partial charge in [-0.15, -0.1) is 12.3 Å². The van der Waals surface area contributed by atoms with Crippen LogP contribution in [0, 0.1) is 18.3 Å². The average Bonchev–Trinajstić information content (AvgIpc) is 2.31. The summed E-state index contributed by atoms with van der Waals surface area (Å²) in [5.74, 6) is 3.58. The van der Waals surface area contributed by atoms with E-state index >= 15 is 0 Å². The largest absolute Gasteiger partial charge is 0.316 e. The van der Waals surface area contributed by atoms with Gasteiger partial charge >= 0.3 is 0 Å². The Kier molecular flexibility index (Phi) is 7.29. The predicted octanol–water partition coefficient (Wildman–Crippen LogP) is 2.11. The minimum atomic E-state index is 0.853. The number of hydrogen-bond donors (Lipinski definition) is 1. The summed E-state index contributed by atoms with van der Waals surface area (Å²) in [4.78, 5) is 2.59. The third-order valence-corrected chi connectivity index (χ3v) is 3.25. The second kappa shape index (κ2) is 8.61. The number of rotatable bonds is 7. The maximum absolute atomic E-state index is 5.29. The van der Waals surface area contributed by atoms with Gasteiger partial charge in [-0.3, -0.25) is 0 Å². The van der Waals surface area contributed by atoms with Crippen molar-refractivity contribution in [3.8, 4) is 12.3 Å². The molecule has 1 heterocycles. The molecule has 1 aliphatic heterocycles. The van der Waals surface area contributed by atoms with Crippen molar-refractivity contribution in [2.45, 2.75) is 39.0 Å². The van der Waals surface area contributed by atoms with Crippen LogP contribution in [-0.4, -0.2) is 37.6 Å². The minimum Gasteiger partial charge on any atom is -0.316 e. The SMILES string of the molecule is C#CCCCN(CCC)CC1CCCNC1. The van der Waals surface area contributed by atoms with E-state index < -0.39 is 0 Å². The highest BCUT2D eigenvalue weighted by molar-refractivity contribution is 4.83. The Morgan fingerprint density at radius 1 is 1.44 bits per heavy atom. The first kappa shape index (κ1) is 13.5. The molecule has 0 radical (unpaired) electrons. The third kappa shape index (κ3) is 5.53. The molecule has 1 saturated heterocycles. The standard InChI is InChI=1S/C14H26N2/c1-3-5-6-11-16(10-4-2)13-14-8-7-9-15-12-14/h1,14-15H,4-13H2,2H3. The van der Waals surface area contributed by atoms with Crippen LogP contribution in [0.3, 0.4) is 0 Å². The molecule has 0 aromatic heterocycles. The van der Waals surface area contributed by atoms with E-state index in [1.165, 1.54) is 52.0 Å². The predicted molar refractivity (Wildman–Crippen MR) is 70.4 cm³/mol. The fourth-order valence-electron chi connectivity index (χ4n) is 2.46. The fourth-order valence-corrected chi connectivity index (χ4v) is 2.46. The molecule has 1 unspecified atom stereocenters. The Morgan fingerprint density at radius 3 is 2.94 bits per heavy atom. The van der Waals surface area contributed by atoms with Crippen molar-refractivity contribution in [3.63, 3.8) is 0 Å². The Bertz CT molecular complexity index is 201. The van der Waals surface area contributed by atoms with Gasteiger partial charge in [0.15, 0.2) is 0 Å². The molecular formula is C14H26N2. The molecule has 2 nitrogen and oxygen atoms in total. The number of nitrogens with zero attached hydrogens (tertiary/aromatic N) is 1. The lowest BCUT2D eigenvalue weighted by atomic mass is 9.99. The monoisotopic (exact) mass is 222 g/mol. The molecule has 0 aromatic carbocycles. The number of piperidine rings is 1. The van der Waals surface area contributed by atoms with E-state index in [0.29, 0.717) is 0 Å². The Labute approximate surface area is 101 Å². The highest BCUT2D eigenvalue weighted by Crippen LogP contribution is 2.12. The van der Waals surface area contributed by atoms with E-state index in [1.807, 2.05) is 0 Å². The summed E-state index contributed by atoms with van der Waals surface area (Å²) in [6, 6.07) is 0. The van der Waals surface area contributed by atoms with Crippen LogP contribution < -0.4 is 5.32 Å². The molecule has 0 aliphatic carbocycles. The summed E-state index contributed by atoms with van der Waals surface area (Å²) in [5.41, 5.74) is 0. The molecule has 1 aliphatic rings. The molecule has 2 heteroatoms. The van der Waals surface area contributed by atoms with Crippen LogP contribution in [0.1, 0.15) is 39.0 Å². The smallest absolute Gasteiger partial charge is 0.00982 e. The minimum absolute atomic E-state index is 0.853. The summed E-state index contributed by atoms with van der Waals surface area (Å²) >= 11 is 0. The molecule has 0 bridgehead atoms. The molecule has 16 heavy (non-hydrogen) atoms. The van der Waals surface area contributed by atoms with E-state index in [-0.39, 0.29) is 0 Å². The molecule has 1 atom stereocenters. The Morgan fingerprint density at radius 2 is 2.31 bits per heavy atom. The van der Waals surface area contributed by atoms with Crippen molar-refractivity contribution in [2.24, 2.45) is 5.92 Å². The number of hydrogen-bond acceptors (Lipinski definition) is 2. The van der Waals surface area contributed by atoms with E-state index in [2.05, 4.69) is 23.1 Å². The molecule has 0 aromatic rings. The van der Waals surface area contributed by atoms with Crippen LogP contribution in [0.2, 0.25) is 0 Å². The lowest BCUT2D eigenvalue weighted by Crippen LogP contribution is -2.39. The van der Waals surface area contributed by atoms with Gasteiger partial charge < -0.3 is 10.2 Å². The van der Waals surface area contributed by atoms with Gasteiger partial charge in [-0.1, -0.05) is 6.92 Å². The first-order valence-corrected chi connectivity index (χ1v) is 6.73. The highest BCUT2D eigenvalue weighted by atomic mass is 15.1. The van der Waals surface area contributed by atoms with Gasteiger partial charge in [0.05, 0.1) is 0 Å². The number of unbranched alkanes of at least 4 members (excludes halogenated alkanes) is 1. The van der Waals surface area contributed by atoms with Gasteiger partial charge in [-0.2, -0.15) is 0 Å². The molecule has 0 amide bonds. The average molecular weight is 222 g/mol. The van der Waals surface area contributed by atoms with Crippen LogP contribution in [0.15, 0.2) is 0 Å². The van der Waals surface area contributed by atoms with Crippen LogP contribution in [0.25, 0.3) is 0 Å². The lowest BCUT2D eigenvalue weighted by Gasteiger charge is -2.29. The lowest BCUT2D eigenvalue weighted by molar-refractivity contribution is 0.207. The van der Waals surface area contributed by atoms with Gasteiger partial charge in [0.25, 0.3) is 0 Å². The third-order valence-electron chi connectivity index (χ3n) is 3.25. The number of terminal acetylenes is 1. The topological polar surface area (TPSA) is 15.3 Å². The first-order chi connectivity index (χ1) is 7.86. The molecule has 92 valence electrons. The van der Waals surface area contributed by atoms with E-state index in [1.54, 1.807) is 0 Å². The number of nitrogens with one attached hydrogen (secondary N) is 1. The molecule has 0 spiro atoms. The Hall–Kier alpha value is -0.520. The normalized spacial score (nSPS) is 20.9. The van der Waals surface area contributed by atoms with Crippen molar-refractivity contribution >= 4 is 0 Å². The van der Waals surface area contributed by atoms with Crippen LogP contribution in [-0.2, 0) is 0 Å². The maximum atomic E-state index is 5.29. The van der Waals surface area contributed by atoms with Crippen molar-refractivity contribution in [1.29, 1.82) is 0 Å². The zero-order valence-corrected chi connectivity index (χ0v) is 10.7. The van der Waals surface area contributed by atoms with Gasteiger partial charge in [-0.25, -0.2) is 0 Å². The van der Waals surface area contributed by atoms with Crippen LogP contribution >= 0.6 is 0 Å². The van der Waals surface area contributed by atoms with Crippen molar-refractivity contribution < 1.29 is 0 Å². The molecule has 1 rings (SSSR count). The molecule has 0 saturated carbocycles. The first-order valence-electron chi connectivity index (χ1n) is 6.73. The van der Waals surface area contributed by atoms with Crippen molar-refractivity contribution in [2.75, 3.05) is 32.7 Å². The molecule has 1 N–H and O–H groups in total. The quantitative estimate of drug-likeness (QED) is 0.524. The molecule has 1 fully saturated rings. The van der Waals surface area contributed by atoms with E-state index in [0.717, 1.165) is 18.8 Å². The second-order valence-corrected chi connectivity index (χ2v) is 4.82. The summed E-state index contributed by atoms with van der Waals surface area (Å²) < 4.78 is 0. The van der Waals surface area contributed by atoms with Crippen LogP contribution in [0.4, 0.5) is 0 Å². The van der Waals surface area contributed by atoms with Gasteiger partial charge in [-0.05, 0) is 57.8 Å². The van der Waals surface area contributed by atoms with Crippen molar-refractivity contribution in [3.05, 3.63) is 0 Å². The van der Waals surface area contributed by atoms with Crippen molar-refractivity contribution in [1.82, 2.24) is 10.2 Å². The summed E-state index contributed by atoms with van der Waals surface area (Å²) in [6.45, 7) is 8.32. The zero-order chi connectivity index (χ0) is 11.6. The Balaban J connectivity index is 2.22. The summed E-state index contributed by atoms with van der Waals surface area (Å²) in [6.07, 6.45) is 11.3. The van der Waals surface area contributed by atoms with Crippen LogP contribution in [0.5, 0.6) is 0 Å². The van der Waals surface area contributed by atoms with E-state index in [9.17, 15) is 0 Å². The zero-order valence-electron chi connectivity index (χ0n) is 10.7. The summed E-state index contributed by atoms with van der Waals surface area (Å²) in [5, 5.41) is 3.49.